The van der Waals surface area contributed by atoms with E-state index in [0.29, 0.717) is 25.7 Å². The fraction of sp³-hybridized carbons (Fsp3) is 0.923. The molecule has 1 aliphatic heterocycles. The standard InChI is InChI=1S/C13H27N3O4S.HI/c1-13(5-4-7-20-13)11-16-12(14-2)15-6-8-19-9-10-21(3,17)18;/h4-11H2,1-3H3,(H2,14,15,16);1H. The van der Waals surface area contributed by atoms with Crippen molar-refractivity contribution in [3.63, 3.8) is 0 Å². The van der Waals surface area contributed by atoms with Crippen molar-refractivity contribution in [3.8, 4) is 0 Å². The van der Waals surface area contributed by atoms with Crippen LogP contribution in [-0.2, 0) is 19.3 Å². The summed E-state index contributed by atoms with van der Waals surface area (Å²) in [4.78, 5) is 4.12. The third-order valence-corrected chi connectivity index (χ3v) is 4.20. The third-order valence-electron chi connectivity index (χ3n) is 3.29. The van der Waals surface area contributed by atoms with E-state index in [1.807, 2.05) is 0 Å². The quantitative estimate of drug-likeness (QED) is 0.242. The number of nitrogens with one attached hydrogen (secondary N) is 2. The molecule has 132 valence electrons. The highest BCUT2D eigenvalue weighted by molar-refractivity contribution is 14.0. The molecule has 2 N–H and O–H groups in total. The van der Waals surface area contributed by atoms with E-state index in [1.165, 1.54) is 6.26 Å². The molecule has 7 nitrogen and oxygen atoms in total. The van der Waals surface area contributed by atoms with E-state index in [9.17, 15) is 8.42 Å². The molecule has 0 spiro atoms. The summed E-state index contributed by atoms with van der Waals surface area (Å²) in [6.45, 7) is 4.85. The van der Waals surface area contributed by atoms with Gasteiger partial charge >= 0.3 is 0 Å². The van der Waals surface area contributed by atoms with E-state index in [2.05, 4.69) is 22.5 Å². The molecule has 1 unspecified atom stereocenters. The van der Waals surface area contributed by atoms with E-state index in [0.717, 1.165) is 19.4 Å². The van der Waals surface area contributed by atoms with E-state index in [1.54, 1.807) is 7.05 Å². The summed E-state index contributed by atoms with van der Waals surface area (Å²) in [6.07, 6.45) is 3.34. The van der Waals surface area contributed by atoms with E-state index in [-0.39, 0.29) is 41.9 Å². The first-order chi connectivity index (χ1) is 9.85. The van der Waals surface area contributed by atoms with Crippen molar-refractivity contribution in [3.05, 3.63) is 0 Å². The molecular weight excluding hydrogens is 421 g/mol. The second kappa shape index (κ2) is 10.6. The van der Waals surface area contributed by atoms with Gasteiger partial charge in [0.15, 0.2) is 5.96 Å². The lowest BCUT2D eigenvalue weighted by atomic mass is 10.0. The van der Waals surface area contributed by atoms with Crippen LogP contribution in [0.15, 0.2) is 4.99 Å². The average Bonchev–Trinajstić information content (AvgIpc) is 2.83. The van der Waals surface area contributed by atoms with Crippen LogP contribution in [0.25, 0.3) is 0 Å². The summed E-state index contributed by atoms with van der Waals surface area (Å²) in [7, 11) is -1.25. The monoisotopic (exact) mass is 449 g/mol. The van der Waals surface area contributed by atoms with Crippen LogP contribution in [0.1, 0.15) is 19.8 Å². The number of rotatable bonds is 8. The minimum absolute atomic E-state index is 0. The van der Waals surface area contributed by atoms with Crippen LogP contribution in [0.5, 0.6) is 0 Å². The number of hydrogen-bond donors (Lipinski definition) is 2. The molecule has 22 heavy (non-hydrogen) atoms. The van der Waals surface area contributed by atoms with Gasteiger partial charge in [-0.3, -0.25) is 4.99 Å². The van der Waals surface area contributed by atoms with Gasteiger partial charge in [0.1, 0.15) is 9.84 Å². The predicted octanol–water partition coefficient (Wildman–Crippen LogP) is 0.400. The van der Waals surface area contributed by atoms with Gasteiger partial charge in [0.2, 0.25) is 0 Å². The summed E-state index contributed by atoms with van der Waals surface area (Å²) in [5, 5.41) is 6.35. The summed E-state index contributed by atoms with van der Waals surface area (Å²) >= 11 is 0. The number of ether oxygens (including phenoxy) is 2. The lowest BCUT2D eigenvalue weighted by Crippen LogP contribution is -2.46. The fourth-order valence-electron chi connectivity index (χ4n) is 2.02. The first-order valence-corrected chi connectivity index (χ1v) is 9.25. The van der Waals surface area contributed by atoms with Crippen LogP contribution < -0.4 is 10.6 Å². The van der Waals surface area contributed by atoms with Crippen molar-refractivity contribution in [1.82, 2.24) is 10.6 Å². The fourth-order valence-corrected chi connectivity index (χ4v) is 2.44. The Bertz CT molecular complexity index is 437. The number of halogens is 1. The van der Waals surface area contributed by atoms with Crippen molar-refractivity contribution in [1.29, 1.82) is 0 Å². The molecule has 0 amide bonds. The molecule has 1 saturated heterocycles. The second-order valence-corrected chi connectivity index (χ2v) is 7.76. The molecule has 0 bridgehead atoms. The van der Waals surface area contributed by atoms with Gasteiger partial charge in [-0.1, -0.05) is 0 Å². The summed E-state index contributed by atoms with van der Waals surface area (Å²) in [6, 6.07) is 0. The summed E-state index contributed by atoms with van der Waals surface area (Å²) in [5.74, 6) is 0.744. The Morgan fingerprint density at radius 3 is 2.64 bits per heavy atom. The maximum absolute atomic E-state index is 10.9. The molecule has 0 aromatic rings. The van der Waals surface area contributed by atoms with Crippen LogP contribution in [0.3, 0.4) is 0 Å². The van der Waals surface area contributed by atoms with Gasteiger partial charge in [-0.05, 0) is 19.8 Å². The predicted molar refractivity (Wildman–Crippen MR) is 98.9 cm³/mol. The maximum atomic E-state index is 10.9. The van der Waals surface area contributed by atoms with Gasteiger partial charge in [0, 0.05) is 33.0 Å². The van der Waals surface area contributed by atoms with Gasteiger partial charge in [-0.15, -0.1) is 24.0 Å². The Morgan fingerprint density at radius 2 is 2.09 bits per heavy atom. The highest BCUT2D eigenvalue weighted by Gasteiger charge is 2.29. The Morgan fingerprint density at radius 1 is 1.36 bits per heavy atom. The van der Waals surface area contributed by atoms with Gasteiger partial charge in [0.05, 0.1) is 24.6 Å². The van der Waals surface area contributed by atoms with E-state index in [4.69, 9.17) is 9.47 Å². The highest BCUT2D eigenvalue weighted by Crippen LogP contribution is 2.23. The molecule has 1 aliphatic rings. The number of sulfone groups is 1. The van der Waals surface area contributed by atoms with Crippen LogP contribution in [0.4, 0.5) is 0 Å². The number of aliphatic imine (C=N–C) groups is 1. The van der Waals surface area contributed by atoms with Gasteiger partial charge < -0.3 is 20.1 Å². The van der Waals surface area contributed by atoms with E-state index >= 15 is 0 Å². The van der Waals surface area contributed by atoms with E-state index < -0.39 is 9.84 Å². The molecule has 1 heterocycles. The summed E-state index contributed by atoms with van der Waals surface area (Å²) in [5.41, 5.74) is -0.121. The molecule has 0 aromatic heterocycles. The van der Waals surface area contributed by atoms with Crippen molar-refractivity contribution >= 4 is 39.8 Å². The Hall–Kier alpha value is -0.130. The molecule has 1 fully saturated rings. The largest absolute Gasteiger partial charge is 0.379 e. The zero-order valence-electron chi connectivity index (χ0n) is 13.6. The first kappa shape index (κ1) is 21.9. The van der Waals surface area contributed by atoms with Gasteiger partial charge in [-0.2, -0.15) is 0 Å². The second-order valence-electron chi connectivity index (χ2n) is 5.50. The smallest absolute Gasteiger partial charge is 0.191 e. The van der Waals surface area contributed by atoms with Crippen LogP contribution in [0.2, 0.25) is 0 Å². The number of nitrogens with zero attached hydrogens (tertiary/aromatic N) is 1. The van der Waals surface area contributed by atoms with Crippen molar-refractivity contribution in [2.24, 2.45) is 4.99 Å². The zero-order valence-corrected chi connectivity index (χ0v) is 16.7. The van der Waals surface area contributed by atoms with Gasteiger partial charge in [-0.25, -0.2) is 8.42 Å². The minimum atomic E-state index is -2.95. The zero-order chi connectivity index (χ0) is 15.8. The minimum Gasteiger partial charge on any atom is -0.379 e. The van der Waals surface area contributed by atoms with Crippen molar-refractivity contribution in [2.45, 2.75) is 25.4 Å². The maximum Gasteiger partial charge on any atom is 0.191 e. The lowest BCUT2D eigenvalue weighted by molar-refractivity contribution is 0.0242. The molecule has 1 rings (SSSR count). The normalized spacial score (nSPS) is 22.2. The topological polar surface area (TPSA) is 89.0 Å². The first-order valence-electron chi connectivity index (χ1n) is 7.19. The summed E-state index contributed by atoms with van der Waals surface area (Å²) < 4.78 is 32.8. The molecule has 9 heteroatoms. The SMILES string of the molecule is CN=C(NCCOCCS(C)(=O)=O)NCC1(C)CCCO1.I. The third kappa shape index (κ3) is 9.80. The highest BCUT2D eigenvalue weighted by atomic mass is 127. The van der Waals surface area contributed by atoms with Gasteiger partial charge in [0.25, 0.3) is 0 Å². The number of hydrogen-bond acceptors (Lipinski definition) is 5. The molecule has 0 radical (unpaired) electrons. The van der Waals surface area contributed by atoms with Crippen LogP contribution in [0, 0.1) is 0 Å². The van der Waals surface area contributed by atoms with Crippen molar-refractivity contribution in [2.75, 3.05) is 52.0 Å². The number of guanidine groups is 1. The van der Waals surface area contributed by atoms with Crippen molar-refractivity contribution < 1.29 is 17.9 Å². The molecule has 1 atom stereocenters. The van der Waals surface area contributed by atoms with Crippen LogP contribution >= 0.6 is 24.0 Å². The molecule has 0 aliphatic carbocycles. The molecule has 0 aromatic carbocycles. The van der Waals surface area contributed by atoms with Crippen LogP contribution in [-0.4, -0.2) is 71.9 Å². The average molecular weight is 449 g/mol. The molecule has 0 saturated carbocycles. The molecular formula is C13H28IN3O4S. The Balaban J connectivity index is 0.00000441. The Labute approximate surface area is 150 Å². The Kier molecular flexibility index (Phi) is 10.5. The lowest BCUT2D eigenvalue weighted by Gasteiger charge is -2.24.